The number of aromatic amines is 2. The average Bonchev–Trinajstić information content (AvgIpc) is 3.73. The Kier molecular flexibility index (Phi) is 6.41. The molecule has 1 saturated carbocycles. The predicted molar refractivity (Wildman–Crippen MR) is 153 cm³/mol. The zero-order chi connectivity index (χ0) is 26.2. The molecule has 2 aliphatic rings. The van der Waals surface area contributed by atoms with Gasteiger partial charge in [0.1, 0.15) is 11.2 Å². The quantitative estimate of drug-likeness (QED) is 0.294. The van der Waals surface area contributed by atoms with E-state index in [1.54, 1.807) is 0 Å². The van der Waals surface area contributed by atoms with Crippen LogP contribution < -0.4 is 10.2 Å². The number of piperazine rings is 1. The van der Waals surface area contributed by atoms with Crippen LogP contribution in [0.15, 0.2) is 43.0 Å². The molecule has 0 aromatic carbocycles. The van der Waals surface area contributed by atoms with Crippen molar-refractivity contribution in [1.29, 1.82) is 0 Å². The summed E-state index contributed by atoms with van der Waals surface area (Å²) in [5.74, 6) is 1.51. The lowest BCUT2D eigenvalue weighted by Gasteiger charge is -2.33. The summed E-state index contributed by atoms with van der Waals surface area (Å²) < 4.78 is 0. The third-order valence-corrected chi connectivity index (χ3v) is 8.21. The van der Waals surface area contributed by atoms with Crippen molar-refractivity contribution in [3.63, 3.8) is 0 Å². The van der Waals surface area contributed by atoms with Crippen molar-refractivity contribution >= 4 is 27.9 Å². The Morgan fingerprint density at radius 1 is 0.974 bits per heavy atom. The smallest absolute Gasteiger partial charge is 0.161 e. The van der Waals surface area contributed by atoms with Gasteiger partial charge in [0.15, 0.2) is 17.1 Å². The van der Waals surface area contributed by atoms with Crippen LogP contribution in [0.25, 0.3) is 44.8 Å². The maximum Gasteiger partial charge on any atom is 0.161 e. The molecular weight excluding hydrogens is 488 g/mol. The first-order chi connectivity index (χ1) is 19.2. The topological polar surface area (TPSA) is 115 Å². The molecule has 6 heterocycles. The average molecular weight is 523 g/mol. The molecule has 200 valence electrons. The Labute approximate surface area is 227 Å². The van der Waals surface area contributed by atoms with Crippen LogP contribution in [-0.2, 0) is 6.54 Å². The van der Waals surface area contributed by atoms with E-state index in [4.69, 9.17) is 4.98 Å². The van der Waals surface area contributed by atoms with Gasteiger partial charge in [0.25, 0.3) is 0 Å². The molecule has 5 aromatic rings. The standard InChI is InChI=1S/C29H34N10/c1-38-8-10-39(11-9-38)24-6-7-32-28-26(24)34-29(35-28)25-23-13-22(18-33-27(23)37-36-25)21-12-20(16-31-17-21)15-30-14-19-4-2-3-5-19/h6-7,12-13,16-19,30H,2-5,8-11,14-15H2,1H3,(H,32,34,35)(H,33,36,37). The molecule has 0 atom stereocenters. The minimum Gasteiger partial charge on any atom is -0.367 e. The summed E-state index contributed by atoms with van der Waals surface area (Å²) in [6.45, 7) is 5.92. The molecule has 10 nitrogen and oxygen atoms in total. The van der Waals surface area contributed by atoms with Gasteiger partial charge < -0.3 is 20.1 Å². The van der Waals surface area contributed by atoms with Gasteiger partial charge in [-0.2, -0.15) is 5.10 Å². The Bertz CT molecular complexity index is 1590. The number of hydrogen-bond donors (Lipinski definition) is 3. The number of hydrogen-bond acceptors (Lipinski definition) is 8. The number of nitrogens with zero attached hydrogens (tertiary/aromatic N) is 7. The van der Waals surface area contributed by atoms with Crippen LogP contribution in [0.4, 0.5) is 5.69 Å². The largest absolute Gasteiger partial charge is 0.367 e. The maximum absolute atomic E-state index is 4.98. The summed E-state index contributed by atoms with van der Waals surface area (Å²) in [6, 6.07) is 6.38. The van der Waals surface area contributed by atoms with Gasteiger partial charge in [-0.15, -0.1) is 0 Å². The molecular formula is C29H34N10. The van der Waals surface area contributed by atoms with Crippen molar-refractivity contribution in [1.82, 2.24) is 45.3 Å². The first kappa shape index (κ1) is 24.2. The minimum atomic E-state index is 0.687. The molecule has 1 aliphatic heterocycles. The lowest BCUT2D eigenvalue weighted by atomic mass is 10.1. The molecule has 2 fully saturated rings. The van der Waals surface area contributed by atoms with E-state index >= 15 is 0 Å². The molecule has 1 aliphatic carbocycles. The minimum absolute atomic E-state index is 0.687. The van der Waals surface area contributed by atoms with Crippen LogP contribution in [0.3, 0.4) is 0 Å². The fourth-order valence-electron chi connectivity index (χ4n) is 5.93. The molecule has 0 radical (unpaired) electrons. The van der Waals surface area contributed by atoms with Crippen LogP contribution in [0.1, 0.15) is 31.2 Å². The predicted octanol–water partition coefficient (Wildman–Crippen LogP) is 3.99. The number of H-pyrrole nitrogens is 2. The SMILES string of the molecule is CN1CCN(c2ccnc3[nH]c(-c4n[nH]c5ncc(-c6cncc(CNCC7CCCC7)c6)cc45)nc23)CC1. The van der Waals surface area contributed by atoms with Gasteiger partial charge >= 0.3 is 0 Å². The normalized spacial score (nSPS) is 17.1. The summed E-state index contributed by atoms with van der Waals surface area (Å²) >= 11 is 0. The highest BCUT2D eigenvalue weighted by Gasteiger charge is 2.21. The molecule has 39 heavy (non-hydrogen) atoms. The van der Waals surface area contributed by atoms with E-state index in [9.17, 15) is 0 Å². The highest BCUT2D eigenvalue weighted by atomic mass is 15.3. The molecule has 0 spiro atoms. The second-order valence-electron chi connectivity index (χ2n) is 11.0. The third kappa shape index (κ3) is 4.86. The number of imidazole rings is 1. The van der Waals surface area contributed by atoms with E-state index < -0.39 is 0 Å². The number of fused-ring (bicyclic) bond motifs is 2. The molecule has 0 bridgehead atoms. The van der Waals surface area contributed by atoms with Crippen molar-refractivity contribution in [3.8, 4) is 22.6 Å². The Balaban J connectivity index is 1.17. The van der Waals surface area contributed by atoms with Crippen LogP contribution in [0, 0.1) is 5.92 Å². The third-order valence-electron chi connectivity index (χ3n) is 8.21. The van der Waals surface area contributed by atoms with Crippen molar-refractivity contribution < 1.29 is 0 Å². The van der Waals surface area contributed by atoms with Crippen LogP contribution in [0.2, 0.25) is 0 Å². The lowest BCUT2D eigenvalue weighted by Crippen LogP contribution is -2.44. The van der Waals surface area contributed by atoms with E-state index in [2.05, 4.69) is 70.5 Å². The molecule has 0 unspecified atom stereocenters. The van der Waals surface area contributed by atoms with E-state index in [1.165, 1.54) is 31.2 Å². The monoisotopic (exact) mass is 522 g/mol. The number of anilines is 1. The number of nitrogens with one attached hydrogen (secondary N) is 3. The van der Waals surface area contributed by atoms with E-state index in [1.807, 2.05) is 24.8 Å². The first-order valence-electron chi connectivity index (χ1n) is 14.0. The van der Waals surface area contributed by atoms with Gasteiger partial charge in [0.2, 0.25) is 0 Å². The fraction of sp³-hybridized carbons (Fsp3) is 0.414. The summed E-state index contributed by atoms with van der Waals surface area (Å²) in [4.78, 5) is 26.9. The lowest BCUT2D eigenvalue weighted by molar-refractivity contribution is 0.313. The van der Waals surface area contributed by atoms with Crippen LogP contribution in [-0.4, -0.2) is 79.8 Å². The van der Waals surface area contributed by atoms with Gasteiger partial charge in [-0.25, -0.2) is 15.0 Å². The zero-order valence-electron chi connectivity index (χ0n) is 22.3. The van der Waals surface area contributed by atoms with Gasteiger partial charge in [-0.1, -0.05) is 12.8 Å². The highest BCUT2D eigenvalue weighted by molar-refractivity contribution is 5.95. The first-order valence-corrected chi connectivity index (χ1v) is 14.0. The number of likely N-dealkylation sites (N-methyl/N-ethyl adjacent to an activating group) is 1. The van der Waals surface area contributed by atoms with Crippen molar-refractivity contribution in [3.05, 3.63) is 48.5 Å². The second-order valence-corrected chi connectivity index (χ2v) is 11.0. The Hall–Kier alpha value is -3.89. The number of aromatic nitrogens is 7. The van der Waals surface area contributed by atoms with Gasteiger partial charge in [-0.05, 0) is 56.1 Å². The second kappa shape index (κ2) is 10.3. The number of pyridine rings is 3. The van der Waals surface area contributed by atoms with Gasteiger partial charge in [0, 0.05) is 68.6 Å². The highest BCUT2D eigenvalue weighted by Crippen LogP contribution is 2.31. The van der Waals surface area contributed by atoms with E-state index in [0.29, 0.717) is 5.82 Å². The summed E-state index contributed by atoms with van der Waals surface area (Å²) in [7, 11) is 2.16. The number of rotatable bonds is 7. The van der Waals surface area contributed by atoms with E-state index in [-0.39, 0.29) is 0 Å². The molecule has 3 N–H and O–H groups in total. The molecule has 5 aromatic heterocycles. The molecule has 10 heteroatoms. The van der Waals surface area contributed by atoms with Gasteiger partial charge in [-0.3, -0.25) is 10.1 Å². The Morgan fingerprint density at radius 3 is 2.69 bits per heavy atom. The fourth-order valence-corrected chi connectivity index (χ4v) is 5.93. The van der Waals surface area contributed by atoms with E-state index in [0.717, 1.165) is 89.9 Å². The maximum atomic E-state index is 4.98. The molecule has 7 rings (SSSR count). The molecule has 1 saturated heterocycles. The zero-order valence-corrected chi connectivity index (χ0v) is 22.3. The van der Waals surface area contributed by atoms with Gasteiger partial charge in [0.05, 0.1) is 11.1 Å². The summed E-state index contributed by atoms with van der Waals surface area (Å²) in [5, 5.41) is 12.2. The van der Waals surface area contributed by atoms with Crippen molar-refractivity contribution in [2.75, 3.05) is 44.7 Å². The van der Waals surface area contributed by atoms with Crippen LogP contribution in [0.5, 0.6) is 0 Å². The Morgan fingerprint density at radius 2 is 1.82 bits per heavy atom. The van der Waals surface area contributed by atoms with Crippen LogP contribution >= 0.6 is 0 Å². The van der Waals surface area contributed by atoms with Crippen molar-refractivity contribution in [2.45, 2.75) is 32.2 Å². The summed E-state index contributed by atoms with van der Waals surface area (Å²) in [6.07, 6.45) is 13.0. The summed E-state index contributed by atoms with van der Waals surface area (Å²) in [5.41, 5.74) is 7.44. The van der Waals surface area contributed by atoms with Crippen molar-refractivity contribution in [2.24, 2.45) is 5.92 Å². The molecule has 0 amide bonds.